The van der Waals surface area contributed by atoms with Crippen molar-refractivity contribution >= 4 is 28.3 Å². The first-order chi connectivity index (χ1) is 7.80. The molecule has 1 atom stereocenters. The molecule has 0 aromatic carbocycles. The highest BCUT2D eigenvalue weighted by atomic mass is 35.5. The number of hydrogen-bond acceptors (Lipinski definition) is 4. The molecule has 0 radical (unpaired) electrons. The Morgan fingerprint density at radius 1 is 1.38 bits per heavy atom. The van der Waals surface area contributed by atoms with Gasteiger partial charge in [0.2, 0.25) is 5.13 Å². The van der Waals surface area contributed by atoms with Crippen LogP contribution in [0.25, 0.3) is 0 Å². The predicted molar refractivity (Wildman–Crippen MR) is 71.5 cm³/mol. The number of rotatable bonds is 8. The summed E-state index contributed by atoms with van der Waals surface area (Å²) in [6, 6.07) is 0. The van der Waals surface area contributed by atoms with Crippen LogP contribution in [0.1, 0.15) is 38.9 Å². The second-order valence-electron chi connectivity index (χ2n) is 3.88. The van der Waals surface area contributed by atoms with Gasteiger partial charge in [0.15, 0.2) is 0 Å². The van der Waals surface area contributed by atoms with E-state index in [1.807, 2.05) is 0 Å². The van der Waals surface area contributed by atoms with E-state index in [4.69, 9.17) is 11.6 Å². The van der Waals surface area contributed by atoms with E-state index in [9.17, 15) is 0 Å². The van der Waals surface area contributed by atoms with Crippen LogP contribution in [0.4, 0.5) is 5.13 Å². The molecule has 1 unspecified atom stereocenters. The van der Waals surface area contributed by atoms with Crippen molar-refractivity contribution in [2.75, 3.05) is 17.7 Å². The van der Waals surface area contributed by atoms with Crippen molar-refractivity contribution in [1.82, 2.24) is 9.36 Å². The fraction of sp³-hybridized carbons (Fsp3) is 0.818. The van der Waals surface area contributed by atoms with Crippen molar-refractivity contribution in [3.63, 3.8) is 0 Å². The van der Waals surface area contributed by atoms with Crippen LogP contribution in [0.2, 0.25) is 0 Å². The van der Waals surface area contributed by atoms with E-state index in [1.165, 1.54) is 24.4 Å². The van der Waals surface area contributed by atoms with Gasteiger partial charge in [-0.15, -0.1) is 11.6 Å². The highest BCUT2D eigenvalue weighted by molar-refractivity contribution is 7.09. The molecular formula is C11H20ClN3S. The Bertz CT molecular complexity index is 285. The van der Waals surface area contributed by atoms with Crippen molar-refractivity contribution in [3.8, 4) is 0 Å². The molecule has 1 N–H and O–H groups in total. The molecule has 0 bridgehead atoms. The first kappa shape index (κ1) is 13.7. The molecule has 16 heavy (non-hydrogen) atoms. The summed E-state index contributed by atoms with van der Waals surface area (Å²) in [5, 5.41) is 4.29. The number of nitrogens with zero attached hydrogens (tertiary/aromatic N) is 2. The molecule has 0 aliphatic carbocycles. The van der Waals surface area contributed by atoms with Gasteiger partial charge >= 0.3 is 0 Å². The van der Waals surface area contributed by atoms with Crippen LogP contribution in [-0.2, 0) is 6.42 Å². The van der Waals surface area contributed by atoms with Crippen LogP contribution in [0, 0.1) is 5.92 Å². The highest BCUT2D eigenvalue weighted by Gasteiger charge is 2.08. The summed E-state index contributed by atoms with van der Waals surface area (Å²) in [6.45, 7) is 5.24. The second-order valence-corrected chi connectivity index (χ2v) is 5.01. The third-order valence-electron chi connectivity index (χ3n) is 2.54. The van der Waals surface area contributed by atoms with Crippen LogP contribution < -0.4 is 5.32 Å². The van der Waals surface area contributed by atoms with Crippen molar-refractivity contribution in [2.24, 2.45) is 5.92 Å². The Labute approximate surface area is 107 Å². The molecule has 0 spiro atoms. The van der Waals surface area contributed by atoms with E-state index in [0.29, 0.717) is 5.92 Å². The average molecular weight is 262 g/mol. The van der Waals surface area contributed by atoms with E-state index in [1.54, 1.807) is 0 Å². The van der Waals surface area contributed by atoms with Gasteiger partial charge in [-0.2, -0.15) is 4.37 Å². The maximum Gasteiger partial charge on any atom is 0.202 e. The largest absolute Gasteiger partial charge is 0.360 e. The van der Waals surface area contributed by atoms with E-state index >= 15 is 0 Å². The van der Waals surface area contributed by atoms with Crippen LogP contribution in [0.3, 0.4) is 0 Å². The quantitative estimate of drug-likeness (QED) is 0.727. The first-order valence-electron chi connectivity index (χ1n) is 5.92. The zero-order chi connectivity index (χ0) is 11.8. The summed E-state index contributed by atoms with van der Waals surface area (Å²) in [7, 11) is 0. The smallest absolute Gasteiger partial charge is 0.202 e. The maximum atomic E-state index is 5.79. The predicted octanol–water partition coefficient (Wildman–Crippen LogP) is 3.56. The lowest BCUT2D eigenvalue weighted by Crippen LogP contribution is -2.14. The molecular weight excluding hydrogens is 242 g/mol. The molecule has 5 heteroatoms. The van der Waals surface area contributed by atoms with Crippen molar-refractivity contribution in [1.29, 1.82) is 0 Å². The summed E-state index contributed by atoms with van der Waals surface area (Å²) < 4.78 is 4.25. The number of aryl methyl sites for hydroxylation is 1. The Kier molecular flexibility index (Phi) is 6.73. The molecule has 0 amide bonds. The van der Waals surface area contributed by atoms with Gasteiger partial charge in [-0.3, -0.25) is 0 Å². The van der Waals surface area contributed by atoms with Crippen LogP contribution in [0.5, 0.6) is 0 Å². The summed E-state index contributed by atoms with van der Waals surface area (Å²) in [6.07, 6.45) is 4.40. The van der Waals surface area contributed by atoms with E-state index in [-0.39, 0.29) is 0 Å². The fourth-order valence-electron chi connectivity index (χ4n) is 1.61. The van der Waals surface area contributed by atoms with Gasteiger partial charge in [-0.25, -0.2) is 4.98 Å². The fourth-order valence-corrected chi connectivity index (χ4v) is 2.58. The number of halogens is 1. The van der Waals surface area contributed by atoms with Gasteiger partial charge in [0, 0.05) is 30.4 Å². The second kappa shape index (κ2) is 7.85. The summed E-state index contributed by atoms with van der Waals surface area (Å²) in [4.78, 5) is 4.38. The molecule has 0 aliphatic heterocycles. The molecule has 1 rings (SSSR count). The topological polar surface area (TPSA) is 37.8 Å². The van der Waals surface area contributed by atoms with Crippen molar-refractivity contribution in [3.05, 3.63) is 5.82 Å². The molecule has 1 heterocycles. The summed E-state index contributed by atoms with van der Waals surface area (Å²) in [5.74, 6) is 2.32. The zero-order valence-corrected chi connectivity index (χ0v) is 11.6. The van der Waals surface area contributed by atoms with Gasteiger partial charge in [-0.1, -0.05) is 20.3 Å². The van der Waals surface area contributed by atoms with Crippen LogP contribution >= 0.6 is 23.1 Å². The monoisotopic (exact) mass is 261 g/mol. The average Bonchev–Trinajstić information content (AvgIpc) is 2.74. The van der Waals surface area contributed by atoms with Gasteiger partial charge in [0.25, 0.3) is 0 Å². The molecule has 1 aromatic heterocycles. The lowest BCUT2D eigenvalue weighted by Gasteiger charge is -2.14. The molecule has 1 aromatic rings. The Morgan fingerprint density at radius 2 is 2.19 bits per heavy atom. The number of anilines is 1. The summed E-state index contributed by atoms with van der Waals surface area (Å²) >= 11 is 7.23. The third-order valence-corrected chi connectivity index (χ3v) is 3.47. The molecule has 3 nitrogen and oxygen atoms in total. The zero-order valence-electron chi connectivity index (χ0n) is 10.0. The number of alkyl halides is 1. The Balaban J connectivity index is 2.35. The normalized spacial score (nSPS) is 12.7. The molecule has 0 fully saturated rings. The Hall–Kier alpha value is -0.350. The van der Waals surface area contributed by atoms with Gasteiger partial charge in [0.05, 0.1) is 0 Å². The lowest BCUT2D eigenvalue weighted by molar-refractivity contribution is 0.490. The third kappa shape index (κ3) is 4.66. The first-order valence-corrected chi connectivity index (χ1v) is 7.23. The molecule has 0 saturated carbocycles. The minimum absolute atomic E-state index is 0.650. The van der Waals surface area contributed by atoms with Crippen molar-refractivity contribution in [2.45, 2.75) is 39.5 Å². The number of hydrogen-bond donors (Lipinski definition) is 1. The molecule has 0 saturated heterocycles. The van der Waals surface area contributed by atoms with Gasteiger partial charge in [0.1, 0.15) is 5.82 Å². The molecule has 0 aliphatic rings. The van der Waals surface area contributed by atoms with Crippen LogP contribution in [0.15, 0.2) is 0 Å². The van der Waals surface area contributed by atoms with E-state index in [0.717, 1.165) is 36.2 Å². The Morgan fingerprint density at radius 3 is 2.75 bits per heavy atom. The standard InChI is InChI=1S/C11H20ClN3S/c1-3-5-9(6-7-12)8-13-11-14-10(4-2)15-16-11/h9H,3-8H2,1-2H3,(H,13,14,15). The summed E-state index contributed by atoms with van der Waals surface area (Å²) in [5.41, 5.74) is 0. The molecule has 92 valence electrons. The SMILES string of the molecule is CCCC(CCCl)CNc1nc(CC)ns1. The van der Waals surface area contributed by atoms with Gasteiger partial charge < -0.3 is 5.32 Å². The van der Waals surface area contributed by atoms with Crippen LogP contribution in [-0.4, -0.2) is 21.8 Å². The van der Waals surface area contributed by atoms with E-state index in [2.05, 4.69) is 28.5 Å². The number of aromatic nitrogens is 2. The van der Waals surface area contributed by atoms with E-state index < -0.39 is 0 Å². The number of nitrogens with one attached hydrogen (secondary N) is 1. The highest BCUT2D eigenvalue weighted by Crippen LogP contribution is 2.16. The van der Waals surface area contributed by atoms with Crippen molar-refractivity contribution < 1.29 is 0 Å². The maximum absolute atomic E-state index is 5.79. The lowest BCUT2D eigenvalue weighted by atomic mass is 10.0. The minimum Gasteiger partial charge on any atom is -0.360 e. The van der Waals surface area contributed by atoms with Gasteiger partial charge in [-0.05, 0) is 18.8 Å². The minimum atomic E-state index is 0.650.